The van der Waals surface area contributed by atoms with Gasteiger partial charge >= 0.3 is 0 Å². The molecule has 3 aromatic heterocycles. The van der Waals surface area contributed by atoms with E-state index >= 15 is 0 Å². The van der Waals surface area contributed by atoms with Gasteiger partial charge in [0, 0.05) is 38.2 Å². The first-order valence-electron chi connectivity index (χ1n) is 19.8. The van der Waals surface area contributed by atoms with Crippen LogP contribution in [-0.2, 0) is 0 Å². The van der Waals surface area contributed by atoms with Crippen molar-refractivity contribution in [3.05, 3.63) is 206 Å². The SMILES string of the molecule is c1ccc(-c2ccccc2-c2ccc(-c3nc(-n4c5ccc(-n6c7ccccc7c7ccccc76)cc5c5c6ccccc6ccc54)nc4ccccc34)cc2)cc1. The fourth-order valence-corrected chi connectivity index (χ4v) is 9.13. The predicted octanol–water partition coefficient (Wildman–Crippen LogP) is 14.0. The summed E-state index contributed by atoms with van der Waals surface area (Å²) in [6.07, 6.45) is 0. The van der Waals surface area contributed by atoms with E-state index < -0.39 is 0 Å². The van der Waals surface area contributed by atoms with Crippen LogP contribution >= 0.6 is 0 Å². The molecule has 3 heterocycles. The van der Waals surface area contributed by atoms with Gasteiger partial charge in [0.25, 0.3) is 0 Å². The van der Waals surface area contributed by atoms with E-state index in [1.807, 2.05) is 0 Å². The maximum absolute atomic E-state index is 5.46. The van der Waals surface area contributed by atoms with Crippen LogP contribution in [0.15, 0.2) is 206 Å². The number of aromatic nitrogens is 4. The highest BCUT2D eigenvalue weighted by molar-refractivity contribution is 6.22. The molecule has 4 nitrogen and oxygen atoms in total. The van der Waals surface area contributed by atoms with Gasteiger partial charge in [-0.2, -0.15) is 0 Å². The lowest BCUT2D eigenvalue weighted by atomic mass is 9.93. The third kappa shape index (κ3) is 4.95. The smallest absolute Gasteiger partial charge is 0.235 e. The Labute approximate surface area is 334 Å². The molecule has 0 aliphatic carbocycles. The summed E-state index contributed by atoms with van der Waals surface area (Å²) in [5.41, 5.74) is 13.3. The van der Waals surface area contributed by atoms with Gasteiger partial charge in [0.2, 0.25) is 5.95 Å². The van der Waals surface area contributed by atoms with Crippen molar-refractivity contribution in [3.8, 4) is 45.1 Å². The number of rotatable bonds is 5. The van der Waals surface area contributed by atoms with Crippen LogP contribution in [0.25, 0.3) is 110 Å². The first-order valence-corrected chi connectivity index (χ1v) is 19.8. The van der Waals surface area contributed by atoms with Crippen LogP contribution in [0, 0.1) is 0 Å². The first kappa shape index (κ1) is 32.4. The predicted molar refractivity (Wildman–Crippen MR) is 242 cm³/mol. The van der Waals surface area contributed by atoms with Crippen LogP contribution in [0.1, 0.15) is 0 Å². The van der Waals surface area contributed by atoms with Crippen molar-refractivity contribution in [3.63, 3.8) is 0 Å². The molecule has 0 bridgehead atoms. The van der Waals surface area contributed by atoms with Crippen molar-refractivity contribution in [2.24, 2.45) is 0 Å². The maximum Gasteiger partial charge on any atom is 0.235 e. The van der Waals surface area contributed by atoms with Crippen molar-refractivity contribution in [2.45, 2.75) is 0 Å². The Hall–Kier alpha value is -7.82. The van der Waals surface area contributed by atoms with Crippen molar-refractivity contribution in [1.82, 2.24) is 19.1 Å². The van der Waals surface area contributed by atoms with Gasteiger partial charge in [-0.05, 0) is 75.5 Å². The van der Waals surface area contributed by atoms with Gasteiger partial charge in [0.15, 0.2) is 0 Å². The second-order valence-electron chi connectivity index (χ2n) is 15.0. The van der Waals surface area contributed by atoms with E-state index in [0.717, 1.165) is 49.8 Å². The number of hydrogen-bond donors (Lipinski definition) is 0. The third-order valence-corrected chi connectivity index (χ3v) is 11.7. The van der Waals surface area contributed by atoms with Crippen LogP contribution < -0.4 is 0 Å². The molecule has 0 amide bonds. The Bertz CT molecular complexity index is 3500. The molecule has 0 spiro atoms. The summed E-state index contributed by atoms with van der Waals surface area (Å²) in [7, 11) is 0. The van der Waals surface area contributed by atoms with E-state index in [2.05, 4.69) is 215 Å². The summed E-state index contributed by atoms with van der Waals surface area (Å²) >= 11 is 0. The average Bonchev–Trinajstić information content (AvgIpc) is 3.82. The normalized spacial score (nSPS) is 11.8. The summed E-state index contributed by atoms with van der Waals surface area (Å²) in [6.45, 7) is 0. The van der Waals surface area contributed by atoms with Crippen LogP contribution in [0.3, 0.4) is 0 Å². The van der Waals surface area contributed by atoms with Gasteiger partial charge in [0.05, 0.1) is 33.3 Å². The summed E-state index contributed by atoms with van der Waals surface area (Å²) < 4.78 is 4.65. The summed E-state index contributed by atoms with van der Waals surface area (Å²) in [4.78, 5) is 10.8. The highest BCUT2D eigenvalue weighted by Gasteiger charge is 2.21. The summed E-state index contributed by atoms with van der Waals surface area (Å²) in [5, 5.41) is 8.26. The molecule has 0 radical (unpaired) electrons. The fourth-order valence-electron chi connectivity index (χ4n) is 9.13. The quantitative estimate of drug-likeness (QED) is 0.176. The van der Waals surface area contributed by atoms with Crippen molar-refractivity contribution < 1.29 is 0 Å². The molecule has 9 aromatic carbocycles. The molecule has 12 aromatic rings. The Balaban J connectivity index is 1.07. The van der Waals surface area contributed by atoms with E-state index in [0.29, 0.717) is 5.95 Å². The van der Waals surface area contributed by atoms with E-state index in [4.69, 9.17) is 9.97 Å². The van der Waals surface area contributed by atoms with E-state index in [1.54, 1.807) is 0 Å². The number of para-hydroxylation sites is 3. The topological polar surface area (TPSA) is 35.6 Å². The van der Waals surface area contributed by atoms with Gasteiger partial charge in [-0.25, -0.2) is 9.97 Å². The lowest BCUT2D eigenvalue weighted by Crippen LogP contribution is -2.03. The van der Waals surface area contributed by atoms with Gasteiger partial charge < -0.3 is 4.57 Å². The molecule has 0 aliphatic heterocycles. The third-order valence-electron chi connectivity index (χ3n) is 11.7. The Morgan fingerprint density at radius 2 is 0.879 bits per heavy atom. The molecule has 0 saturated heterocycles. The summed E-state index contributed by atoms with van der Waals surface area (Å²) in [5.74, 6) is 0.645. The van der Waals surface area contributed by atoms with Crippen molar-refractivity contribution >= 4 is 65.3 Å². The minimum atomic E-state index is 0.645. The Kier molecular flexibility index (Phi) is 7.20. The summed E-state index contributed by atoms with van der Waals surface area (Å²) in [6, 6.07) is 73.8. The number of nitrogens with zero attached hydrogens (tertiary/aromatic N) is 4. The second-order valence-corrected chi connectivity index (χ2v) is 15.0. The van der Waals surface area contributed by atoms with Crippen molar-refractivity contribution in [1.29, 1.82) is 0 Å². The van der Waals surface area contributed by atoms with Gasteiger partial charge in [-0.1, -0.05) is 164 Å². The van der Waals surface area contributed by atoms with Gasteiger partial charge in [0.1, 0.15) is 0 Å². The monoisotopic (exact) mass is 738 g/mol. The van der Waals surface area contributed by atoms with Gasteiger partial charge in [-0.3, -0.25) is 4.57 Å². The molecule has 12 rings (SSSR count). The van der Waals surface area contributed by atoms with Crippen LogP contribution in [0.2, 0.25) is 0 Å². The molecule has 0 saturated carbocycles. The molecule has 0 aliphatic rings. The minimum Gasteiger partial charge on any atom is -0.309 e. The molecule has 58 heavy (non-hydrogen) atoms. The van der Waals surface area contributed by atoms with Crippen molar-refractivity contribution in [2.75, 3.05) is 0 Å². The zero-order valence-electron chi connectivity index (χ0n) is 31.4. The minimum absolute atomic E-state index is 0.645. The first-order chi connectivity index (χ1) is 28.8. The molecule has 0 fully saturated rings. The largest absolute Gasteiger partial charge is 0.309 e. The second kappa shape index (κ2) is 12.9. The van der Waals surface area contributed by atoms with E-state index in [-0.39, 0.29) is 0 Å². The standard InChI is InChI=1S/C54H34N4/c1-2-14-35(15-3-1)40-17-6-7-18-41(40)37-26-28-38(29-27-37)53-45-22-8-11-23-47(45)55-54(56-53)58-50-33-31-39(34-46(50)52-42-19-5-4-16-36(42)30-32-51(52)58)57-48-24-12-9-20-43(48)44-21-10-13-25-49(44)57/h1-34H. The van der Waals surface area contributed by atoms with Crippen LogP contribution in [0.4, 0.5) is 0 Å². The molecule has 4 heteroatoms. The molecular formula is C54H34N4. The molecule has 270 valence electrons. The zero-order chi connectivity index (χ0) is 38.2. The highest BCUT2D eigenvalue weighted by Crippen LogP contribution is 2.40. The van der Waals surface area contributed by atoms with E-state index in [9.17, 15) is 0 Å². The number of benzene rings is 9. The number of hydrogen-bond acceptors (Lipinski definition) is 2. The Morgan fingerprint density at radius 1 is 0.328 bits per heavy atom. The lowest BCUT2D eigenvalue weighted by molar-refractivity contribution is 1.01. The van der Waals surface area contributed by atoms with Crippen LogP contribution in [-0.4, -0.2) is 19.1 Å². The number of fused-ring (bicyclic) bond motifs is 9. The molecule has 0 atom stereocenters. The van der Waals surface area contributed by atoms with Crippen LogP contribution in [0.5, 0.6) is 0 Å². The fraction of sp³-hybridized carbons (Fsp3) is 0. The van der Waals surface area contributed by atoms with E-state index in [1.165, 1.54) is 54.7 Å². The average molecular weight is 739 g/mol. The highest BCUT2D eigenvalue weighted by atomic mass is 15.2. The van der Waals surface area contributed by atoms with Gasteiger partial charge in [-0.15, -0.1) is 0 Å². The lowest BCUT2D eigenvalue weighted by Gasteiger charge is -2.13. The maximum atomic E-state index is 5.46. The molecule has 0 unspecified atom stereocenters. The molecular weight excluding hydrogens is 705 g/mol. The molecule has 0 N–H and O–H groups in total. The zero-order valence-corrected chi connectivity index (χ0v) is 31.4. The Morgan fingerprint density at radius 3 is 1.62 bits per heavy atom.